The highest BCUT2D eigenvalue weighted by atomic mass is 127. The largest absolute Gasteiger partial charge is 0.380 e. The Morgan fingerprint density at radius 1 is 1.10 bits per heavy atom. The second-order valence-corrected chi connectivity index (χ2v) is 7.85. The van der Waals surface area contributed by atoms with Crippen LogP contribution in [0.5, 0.6) is 0 Å². The van der Waals surface area contributed by atoms with E-state index in [0.29, 0.717) is 18.7 Å². The number of aliphatic imine (C=N–C) groups is 1. The molecule has 5 nitrogen and oxygen atoms in total. The van der Waals surface area contributed by atoms with Gasteiger partial charge in [-0.2, -0.15) is 0 Å². The molecule has 2 aromatic rings. The number of methoxy groups -OCH3 is 1. The number of guanidine groups is 1. The molecule has 0 amide bonds. The first-order chi connectivity index (χ1) is 14.2. The molecule has 2 atom stereocenters. The van der Waals surface area contributed by atoms with Gasteiger partial charge in [0.25, 0.3) is 0 Å². The summed E-state index contributed by atoms with van der Waals surface area (Å²) < 4.78 is 5.23. The van der Waals surface area contributed by atoms with E-state index in [4.69, 9.17) is 4.74 Å². The molecule has 2 unspecified atom stereocenters. The topological polar surface area (TPSA) is 48.9 Å². The second kappa shape index (κ2) is 12.9. The number of nitrogens with zero attached hydrogens (tertiary/aromatic N) is 2. The Morgan fingerprint density at radius 2 is 1.83 bits per heavy atom. The standard InChI is InChI=1S/C24H34N4O.HI/c1-19-14-23(12-13-28(19)17-20-8-5-4-6-9-20)27-24(25-2)26-16-21-10-7-11-22(15-21)18-29-3;/h4-11,15,19,23H,12-14,16-18H2,1-3H3,(H2,25,26,27);1H. The van der Waals surface area contributed by atoms with Crippen LogP contribution in [0.4, 0.5) is 0 Å². The van der Waals surface area contributed by atoms with Gasteiger partial charge in [-0.15, -0.1) is 24.0 Å². The number of rotatable bonds is 7. The molecular weight excluding hydrogens is 487 g/mol. The zero-order valence-electron chi connectivity index (χ0n) is 18.3. The molecule has 0 bridgehead atoms. The lowest BCUT2D eigenvalue weighted by molar-refractivity contribution is 0.134. The number of piperidine rings is 1. The maximum atomic E-state index is 5.23. The van der Waals surface area contributed by atoms with Crippen LogP contribution in [0.2, 0.25) is 0 Å². The van der Waals surface area contributed by atoms with Crippen molar-refractivity contribution in [1.29, 1.82) is 0 Å². The van der Waals surface area contributed by atoms with E-state index in [1.165, 1.54) is 16.7 Å². The van der Waals surface area contributed by atoms with Crippen molar-refractivity contribution in [2.24, 2.45) is 4.99 Å². The Balaban J connectivity index is 0.00000320. The molecule has 6 heteroatoms. The van der Waals surface area contributed by atoms with Crippen LogP contribution in [0.25, 0.3) is 0 Å². The fourth-order valence-electron chi connectivity index (χ4n) is 3.97. The minimum absolute atomic E-state index is 0. The lowest BCUT2D eigenvalue weighted by atomic mass is 9.97. The predicted molar refractivity (Wildman–Crippen MR) is 135 cm³/mol. The van der Waals surface area contributed by atoms with E-state index in [1.807, 2.05) is 7.05 Å². The third kappa shape index (κ3) is 7.56. The van der Waals surface area contributed by atoms with Gasteiger partial charge in [-0.05, 0) is 36.5 Å². The highest BCUT2D eigenvalue weighted by Crippen LogP contribution is 2.20. The average Bonchev–Trinajstić information content (AvgIpc) is 2.74. The van der Waals surface area contributed by atoms with E-state index < -0.39 is 0 Å². The van der Waals surface area contributed by atoms with E-state index in [1.54, 1.807) is 7.11 Å². The highest BCUT2D eigenvalue weighted by molar-refractivity contribution is 14.0. The molecule has 1 heterocycles. The fraction of sp³-hybridized carbons (Fsp3) is 0.458. The Morgan fingerprint density at radius 3 is 2.53 bits per heavy atom. The molecule has 2 N–H and O–H groups in total. The number of benzene rings is 2. The lowest BCUT2D eigenvalue weighted by Gasteiger charge is -2.38. The van der Waals surface area contributed by atoms with Crippen molar-refractivity contribution in [1.82, 2.24) is 15.5 Å². The van der Waals surface area contributed by atoms with Crippen LogP contribution in [0.1, 0.15) is 36.5 Å². The number of halogens is 1. The molecule has 0 aliphatic carbocycles. The van der Waals surface area contributed by atoms with Crippen LogP contribution in [0.3, 0.4) is 0 Å². The molecule has 0 radical (unpaired) electrons. The first-order valence-electron chi connectivity index (χ1n) is 10.5. The summed E-state index contributed by atoms with van der Waals surface area (Å²) >= 11 is 0. The van der Waals surface area contributed by atoms with Gasteiger partial charge in [-0.3, -0.25) is 9.89 Å². The SMILES string of the molecule is CN=C(NCc1cccc(COC)c1)NC1CCN(Cc2ccccc2)C(C)C1.I. The van der Waals surface area contributed by atoms with Crippen molar-refractivity contribution in [3.8, 4) is 0 Å². The molecule has 1 fully saturated rings. The molecule has 30 heavy (non-hydrogen) atoms. The van der Waals surface area contributed by atoms with Gasteiger partial charge < -0.3 is 15.4 Å². The average molecular weight is 522 g/mol. The Hall–Kier alpha value is -1.64. The van der Waals surface area contributed by atoms with E-state index in [2.05, 4.69) is 82.0 Å². The maximum absolute atomic E-state index is 5.23. The van der Waals surface area contributed by atoms with Crippen molar-refractivity contribution in [2.75, 3.05) is 20.7 Å². The first-order valence-corrected chi connectivity index (χ1v) is 10.5. The van der Waals surface area contributed by atoms with Gasteiger partial charge in [-0.1, -0.05) is 54.6 Å². The number of hydrogen-bond acceptors (Lipinski definition) is 3. The van der Waals surface area contributed by atoms with Crippen LogP contribution in [-0.2, 0) is 24.4 Å². The highest BCUT2D eigenvalue weighted by Gasteiger charge is 2.25. The van der Waals surface area contributed by atoms with E-state index >= 15 is 0 Å². The van der Waals surface area contributed by atoms with Gasteiger partial charge in [0.2, 0.25) is 0 Å². The van der Waals surface area contributed by atoms with Gasteiger partial charge in [0, 0.05) is 45.9 Å². The minimum atomic E-state index is 0. The second-order valence-electron chi connectivity index (χ2n) is 7.85. The van der Waals surface area contributed by atoms with Crippen LogP contribution in [-0.4, -0.2) is 43.6 Å². The molecule has 1 saturated heterocycles. The Labute approximate surface area is 198 Å². The summed E-state index contributed by atoms with van der Waals surface area (Å²) in [5.74, 6) is 0.871. The number of likely N-dealkylation sites (tertiary alicyclic amines) is 1. The number of nitrogens with one attached hydrogen (secondary N) is 2. The van der Waals surface area contributed by atoms with Crippen molar-refractivity contribution in [3.05, 3.63) is 71.3 Å². The summed E-state index contributed by atoms with van der Waals surface area (Å²) in [6.45, 7) is 5.84. The van der Waals surface area contributed by atoms with Crippen molar-refractivity contribution >= 4 is 29.9 Å². The summed E-state index contributed by atoms with van der Waals surface area (Å²) in [5, 5.41) is 7.07. The third-order valence-corrected chi connectivity index (χ3v) is 5.57. The van der Waals surface area contributed by atoms with Gasteiger partial charge in [0.15, 0.2) is 5.96 Å². The molecule has 1 aliphatic rings. The molecule has 0 spiro atoms. The molecule has 0 saturated carbocycles. The van der Waals surface area contributed by atoms with E-state index in [0.717, 1.165) is 38.4 Å². The maximum Gasteiger partial charge on any atom is 0.191 e. The summed E-state index contributed by atoms with van der Waals surface area (Å²) in [5.41, 5.74) is 3.81. The zero-order valence-corrected chi connectivity index (χ0v) is 20.6. The monoisotopic (exact) mass is 522 g/mol. The quantitative estimate of drug-likeness (QED) is 0.326. The van der Waals surface area contributed by atoms with Crippen LogP contribution in [0.15, 0.2) is 59.6 Å². The first kappa shape index (κ1) is 24.6. The Bertz CT molecular complexity index is 784. The van der Waals surface area contributed by atoms with Crippen molar-refractivity contribution < 1.29 is 4.74 Å². The number of ether oxygens (including phenoxy) is 1. The van der Waals surface area contributed by atoms with Gasteiger partial charge in [0.1, 0.15) is 0 Å². The molecular formula is C24H35IN4O. The fourth-order valence-corrected chi connectivity index (χ4v) is 3.97. The van der Waals surface area contributed by atoms with Gasteiger partial charge in [-0.25, -0.2) is 0 Å². The molecule has 0 aromatic heterocycles. The third-order valence-electron chi connectivity index (χ3n) is 5.57. The molecule has 164 valence electrons. The summed E-state index contributed by atoms with van der Waals surface area (Å²) in [4.78, 5) is 7.00. The Kier molecular flexibility index (Phi) is 10.6. The summed E-state index contributed by atoms with van der Waals surface area (Å²) in [7, 11) is 3.56. The number of hydrogen-bond donors (Lipinski definition) is 2. The van der Waals surface area contributed by atoms with Crippen molar-refractivity contribution in [2.45, 2.75) is 51.5 Å². The summed E-state index contributed by atoms with van der Waals surface area (Å²) in [6.07, 6.45) is 2.25. The molecule has 2 aromatic carbocycles. The van der Waals surface area contributed by atoms with Crippen LogP contribution < -0.4 is 10.6 Å². The lowest BCUT2D eigenvalue weighted by Crippen LogP contribution is -2.51. The van der Waals surface area contributed by atoms with Crippen LogP contribution >= 0.6 is 24.0 Å². The van der Waals surface area contributed by atoms with Crippen molar-refractivity contribution in [3.63, 3.8) is 0 Å². The molecule has 3 rings (SSSR count). The normalized spacial score (nSPS) is 19.8. The molecule has 1 aliphatic heterocycles. The van der Waals surface area contributed by atoms with Gasteiger partial charge >= 0.3 is 0 Å². The minimum Gasteiger partial charge on any atom is -0.380 e. The zero-order chi connectivity index (χ0) is 20.5. The van der Waals surface area contributed by atoms with Gasteiger partial charge in [0.05, 0.1) is 6.61 Å². The van der Waals surface area contributed by atoms with E-state index in [9.17, 15) is 0 Å². The van der Waals surface area contributed by atoms with Crippen LogP contribution in [0, 0.1) is 0 Å². The summed E-state index contributed by atoms with van der Waals surface area (Å²) in [6, 6.07) is 20.2. The smallest absolute Gasteiger partial charge is 0.191 e. The van der Waals surface area contributed by atoms with E-state index in [-0.39, 0.29) is 24.0 Å². The predicted octanol–water partition coefficient (Wildman–Crippen LogP) is 4.17.